The quantitative estimate of drug-likeness (QED) is 0.858. The number of carboxylic acid groups (broad SMARTS) is 1. The zero-order valence-electron chi connectivity index (χ0n) is 9.59. The van der Waals surface area contributed by atoms with Gasteiger partial charge < -0.3 is 14.4 Å². The van der Waals surface area contributed by atoms with Gasteiger partial charge in [0.1, 0.15) is 12.1 Å². The molecular formula is C12H14N2O3. The van der Waals surface area contributed by atoms with E-state index in [4.69, 9.17) is 9.52 Å². The zero-order valence-corrected chi connectivity index (χ0v) is 9.59. The second kappa shape index (κ2) is 4.86. The summed E-state index contributed by atoms with van der Waals surface area (Å²) in [6.45, 7) is 2.50. The fourth-order valence-electron chi connectivity index (χ4n) is 1.67. The predicted octanol–water partition coefficient (Wildman–Crippen LogP) is 2.13. The average molecular weight is 234 g/mol. The molecule has 5 heteroatoms. The van der Waals surface area contributed by atoms with Gasteiger partial charge in [0.2, 0.25) is 0 Å². The number of nitrogens with zero attached hydrogens (tertiary/aromatic N) is 2. The molecule has 5 nitrogen and oxygen atoms in total. The first-order chi connectivity index (χ1) is 8.20. The lowest BCUT2D eigenvalue weighted by Gasteiger charge is -2.16. The fourth-order valence-corrected chi connectivity index (χ4v) is 1.67. The summed E-state index contributed by atoms with van der Waals surface area (Å²) in [4.78, 5) is 16.7. The number of aliphatic carboxylic acids is 1. The maximum atomic E-state index is 10.8. The van der Waals surface area contributed by atoms with Crippen molar-refractivity contribution in [3.8, 4) is 0 Å². The van der Waals surface area contributed by atoms with Crippen molar-refractivity contribution in [1.82, 2.24) is 4.98 Å². The fraction of sp³-hybridized carbons (Fsp3) is 0.333. The largest absolute Gasteiger partial charge is 0.480 e. The van der Waals surface area contributed by atoms with E-state index in [2.05, 4.69) is 4.98 Å². The zero-order chi connectivity index (χ0) is 12.3. The highest BCUT2D eigenvalue weighted by atomic mass is 16.4. The van der Waals surface area contributed by atoms with Crippen LogP contribution >= 0.6 is 0 Å². The molecule has 0 aliphatic carbocycles. The van der Waals surface area contributed by atoms with Crippen molar-refractivity contribution in [2.45, 2.75) is 13.3 Å². The Morgan fingerprint density at radius 2 is 2.24 bits per heavy atom. The molecule has 0 saturated carbocycles. The van der Waals surface area contributed by atoms with Crippen LogP contribution in [0.4, 0.5) is 6.01 Å². The molecule has 1 aromatic carbocycles. The third-order valence-electron chi connectivity index (χ3n) is 2.37. The minimum Gasteiger partial charge on any atom is -0.480 e. The van der Waals surface area contributed by atoms with Crippen LogP contribution in [-0.4, -0.2) is 29.1 Å². The highest BCUT2D eigenvalue weighted by Gasteiger charge is 2.15. The SMILES string of the molecule is CCCN(CC(=O)O)c1nc2ccccc2o1. The maximum Gasteiger partial charge on any atom is 0.323 e. The first kappa shape index (κ1) is 11.4. The Hall–Kier alpha value is -2.04. The summed E-state index contributed by atoms with van der Waals surface area (Å²) in [6, 6.07) is 7.76. The standard InChI is InChI=1S/C12H14N2O3/c1-2-7-14(8-11(15)16)12-13-9-5-3-4-6-10(9)17-12/h3-6H,2,7-8H2,1H3,(H,15,16). The smallest absolute Gasteiger partial charge is 0.323 e. The van der Waals surface area contributed by atoms with Gasteiger partial charge in [0.05, 0.1) is 0 Å². The Bertz CT molecular complexity index is 488. The van der Waals surface area contributed by atoms with E-state index in [0.717, 1.165) is 11.9 Å². The number of carbonyl (C=O) groups is 1. The Balaban J connectivity index is 2.31. The van der Waals surface area contributed by atoms with Crippen LogP contribution in [0.3, 0.4) is 0 Å². The second-order valence-corrected chi connectivity index (χ2v) is 3.78. The van der Waals surface area contributed by atoms with Gasteiger partial charge in [-0.25, -0.2) is 0 Å². The van der Waals surface area contributed by atoms with Crippen molar-refractivity contribution in [3.05, 3.63) is 24.3 Å². The minimum absolute atomic E-state index is 0.0966. The molecule has 0 fully saturated rings. The number of aromatic nitrogens is 1. The van der Waals surface area contributed by atoms with E-state index >= 15 is 0 Å². The molecule has 1 N–H and O–H groups in total. The summed E-state index contributed by atoms with van der Waals surface area (Å²) in [5, 5.41) is 8.84. The Morgan fingerprint density at radius 1 is 1.47 bits per heavy atom. The third-order valence-corrected chi connectivity index (χ3v) is 2.37. The third kappa shape index (κ3) is 2.55. The molecule has 0 atom stereocenters. The van der Waals surface area contributed by atoms with Gasteiger partial charge in [0, 0.05) is 6.54 Å². The number of benzene rings is 1. The van der Waals surface area contributed by atoms with Crippen molar-refractivity contribution in [2.24, 2.45) is 0 Å². The summed E-state index contributed by atoms with van der Waals surface area (Å²) in [5.41, 5.74) is 1.42. The molecular weight excluding hydrogens is 220 g/mol. The number of anilines is 1. The van der Waals surface area contributed by atoms with Crippen LogP contribution in [0.2, 0.25) is 0 Å². The van der Waals surface area contributed by atoms with Crippen molar-refractivity contribution in [2.75, 3.05) is 18.0 Å². The van der Waals surface area contributed by atoms with E-state index in [-0.39, 0.29) is 6.54 Å². The van der Waals surface area contributed by atoms with E-state index in [1.54, 1.807) is 4.90 Å². The van der Waals surface area contributed by atoms with E-state index in [1.807, 2.05) is 31.2 Å². The number of rotatable bonds is 5. The molecule has 2 rings (SSSR count). The van der Waals surface area contributed by atoms with Crippen molar-refractivity contribution >= 4 is 23.1 Å². The van der Waals surface area contributed by atoms with E-state index in [0.29, 0.717) is 18.1 Å². The van der Waals surface area contributed by atoms with Gasteiger partial charge in [-0.15, -0.1) is 0 Å². The van der Waals surface area contributed by atoms with Crippen molar-refractivity contribution in [1.29, 1.82) is 0 Å². The summed E-state index contributed by atoms with van der Waals surface area (Å²) in [5.74, 6) is -0.888. The van der Waals surface area contributed by atoms with E-state index in [9.17, 15) is 4.79 Å². The molecule has 90 valence electrons. The minimum atomic E-state index is -0.888. The van der Waals surface area contributed by atoms with Gasteiger partial charge in [-0.3, -0.25) is 4.79 Å². The number of para-hydroxylation sites is 2. The lowest BCUT2D eigenvalue weighted by Crippen LogP contribution is -2.30. The summed E-state index contributed by atoms with van der Waals surface area (Å²) < 4.78 is 5.54. The van der Waals surface area contributed by atoms with Crippen LogP contribution in [0.5, 0.6) is 0 Å². The highest BCUT2D eigenvalue weighted by molar-refractivity contribution is 5.76. The van der Waals surface area contributed by atoms with Crippen molar-refractivity contribution < 1.29 is 14.3 Å². The molecule has 17 heavy (non-hydrogen) atoms. The second-order valence-electron chi connectivity index (χ2n) is 3.78. The number of hydrogen-bond acceptors (Lipinski definition) is 4. The molecule has 2 aromatic rings. The van der Waals surface area contributed by atoms with Gasteiger partial charge in [0.25, 0.3) is 6.01 Å². The molecule has 0 aliphatic heterocycles. The van der Waals surface area contributed by atoms with Gasteiger partial charge >= 0.3 is 5.97 Å². The van der Waals surface area contributed by atoms with Crippen molar-refractivity contribution in [3.63, 3.8) is 0 Å². The molecule has 1 heterocycles. The van der Waals surface area contributed by atoms with E-state index in [1.165, 1.54) is 0 Å². The lowest BCUT2D eigenvalue weighted by atomic mass is 10.3. The highest BCUT2D eigenvalue weighted by Crippen LogP contribution is 2.21. The Morgan fingerprint density at radius 3 is 2.88 bits per heavy atom. The molecule has 0 unspecified atom stereocenters. The topological polar surface area (TPSA) is 66.6 Å². The molecule has 0 saturated heterocycles. The van der Waals surface area contributed by atoms with Gasteiger partial charge in [-0.05, 0) is 18.6 Å². The number of carboxylic acids is 1. The molecule has 0 radical (unpaired) electrons. The summed E-state index contributed by atoms with van der Waals surface area (Å²) in [7, 11) is 0. The van der Waals surface area contributed by atoms with Gasteiger partial charge in [0.15, 0.2) is 5.58 Å². The van der Waals surface area contributed by atoms with Gasteiger partial charge in [-0.2, -0.15) is 4.98 Å². The normalized spacial score (nSPS) is 10.6. The molecule has 0 amide bonds. The van der Waals surface area contributed by atoms with Crippen LogP contribution in [0.25, 0.3) is 11.1 Å². The summed E-state index contributed by atoms with van der Waals surface area (Å²) in [6.07, 6.45) is 0.839. The molecule has 0 spiro atoms. The number of fused-ring (bicyclic) bond motifs is 1. The van der Waals surface area contributed by atoms with Crippen LogP contribution in [-0.2, 0) is 4.79 Å². The molecule has 1 aromatic heterocycles. The lowest BCUT2D eigenvalue weighted by molar-refractivity contribution is -0.135. The number of hydrogen-bond donors (Lipinski definition) is 1. The van der Waals surface area contributed by atoms with Crippen LogP contribution < -0.4 is 4.90 Å². The first-order valence-electron chi connectivity index (χ1n) is 5.53. The molecule has 0 bridgehead atoms. The summed E-state index contributed by atoms with van der Waals surface area (Å²) >= 11 is 0. The van der Waals surface area contributed by atoms with Crippen LogP contribution in [0.15, 0.2) is 28.7 Å². The maximum absolute atomic E-state index is 10.8. The first-order valence-corrected chi connectivity index (χ1v) is 5.53. The van der Waals surface area contributed by atoms with E-state index < -0.39 is 5.97 Å². The average Bonchev–Trinajstić information content (AvgIpc) is 2.71. The number of oxazole rings is 1. The Labute approximate surface area is 98.7 Å². The van der Waals surface area contributed by atoms with Crippen LogP contribution in [0.1, 0.15) is 13.3 Å². The molecule has 0 aliphatic rings. The van der Waals surface area contributed by atoms with Crippen LogP contribution in [0, 0.1) is 0 Å². The predicted molar refractivity (Wildman–Crippen MR) is 64.1 cm³/mol. The Kier molecular flexibility index (Phi) is 3.27. The van der Waals surface area contributed by atoms with Gasteiger partial charge in [-0.1, -0.05) is 19.1 Å². The monoisotopic (exact) mass is 234 g/mol.